The summed E-state index contributed by atoms with van der Waals surface area (Å²) in [6.45, 7) is -0.0935. The lowest BCUT2D eigenvalue weighted by Gasteiger charge is -2.45. The molecule has 0 aromatic heterocycles. The first-order valence-electron chi connectivity index (χ1n) is 9.08. The van der Waals surface area contributed by atoms with Gasteiger partial charge >= 0.3 is 11.9 Å². The SMILES string of the molecule is CC(=O)OCOC(=O)C(=C(O)CBr)N1C(=O)C(NC(=O)COc2cccc(Cl)c2)C1SC=O. The van der Waals surface area contributed by atoms with Gasteiger partial charge < -0.3 is 24.6 Å². The Morgan fingerprint density at radius 1 is 1.33 bits per heavy atom. The number of aliphatic hydroxyl groups excluding tert-OH is 1. The third-order valence-corrected chi connectivity index (χ3v) is 5.65. The van der Waals surface area contributed by atoms with Crippen LogP contribution in [0.1, 0.15) is 6.92 Å². The van der Waals surface area contributed by atoms with E-state index in [-0.39, 0.29) is 5.33 Å². The molecule has 1 fully saturated rings. The molecule has 2 atom stereocenters. The van der Waals surface area contributed by atoms with Gasteiger partial charge in [-0.05, 0) is 18.2 Å². The molecule has 2 rings (SSSR count). The van der Waals surface area contributed by atoms with Crippen molar-refractivity contribution in [2.75, 3.05) is 18.7 Å². The van der Waals surface area contributed by atoms with Gasteiger partial charge in [0.05, 0.1) is 5.33 Å². The van der Waals surface area contributed by atoms with Crippen molar-refractivity contribution in [2.45, 2.75) is 18.3 Å². The van der Waals surface area contributed by atoms with Crippen LogP contribution in [0.2, 0.25) is 5.02 Å². The average molecular weight is 566 g/mol. The summed E-state index contributed by atoms with van der Waals surface area (Å²) in [5.74, 6) is -3.57. The molecule has 2 unspecified atom stereocenters. The second kappa shape index (κ2) is 12.5. The number of benzene rings is 1. The molecule has 1 saturated heterocycles. The number of thioether (sulfide) groups is 1. The summed E-state index contributed by atoms with van der Waals surface area (Å²) in [5.41, 5.74) is -0.150. The van der Waals surface area contributed by atoms with E-state index in [0.717, 1.165) is 11.8 Å². The van der Waals surface area contributed by atoms with Gasteiger partial charge in [-0.1, -0.05) is 45.4 Å². The third kappa shape index (κ3) is 7.11. The summed E-state index contributed by atoms with van der Waals surface area (Å²) < 4.78 is 14.6. The number of amides is 2. The van der Waals surface area contributed by atoms with Gasteiger partial charge in [0.25, 0.3) is 11.8 Å². The molecule has 33 heavy (non-hydrogen) atoms. The quantitative estimate of drug-likeness (QED) is 0.0769. The Hall–Kier alpha value is -2.77. The fourth-order valence-electron chi connectivity index (χ4n) is 2.60. The van der Waals surface area contributed by atoms with Gasteiger partial charge in [-0.2, -0.15) is 0 Å². The zero-order chi connectivity index (χ0) is 24.5. The minimum absolute atomic E-state index is 0.224. The maximum atomic E-state index is 12.7. The lowest BCUT2D eigenvalue weighted by molar-refractivity contribution is -0.166. The third-order valence-electron chi connectivity index (χ3n) is 4.01. The number of β-lactam (4-membered cyclic amide) rings is 1. The van der Waals surface area contributed by atoms with Gasteiger partial charge in [0.15, 0.2) is 17.9 Å². The van der Waals surface area contributed by atoms with Crippen LogP contribution in [-0.4, -0.2) is 69.5 Å². The predicted molar refractivity (Wildman–Crippen MR) is 120 cm³/mol. The van der Waals surface area contributed by atoms with Crippen LogP contribution >= 0.6 is 39.3 Å². The first kappa shape index (κ1) is 26.5. The van der Waals surface area contributed by atoms with Crippen LogP contribution in [0.5, 0.6) is 5.75 Å². The van der Waals surface area contributed by atoms with E-state index in [0.29, 0.717) is 28.2 Å². The predicted octanol–water partition coefficient (Wildman–Crippen LogP) is 1.52. The molecular weight excluding hydrogens is 548 g/mol. The lowest BCUT2D eigenvalue weighted by atomic mass is 10.1. The number of aliphatic hydroxyl groups is 1. The summed E-state index contributed by atoms with van der Waals surface area (Å²) in [5, 5.41) is 11.7. The molecule has 14 heteroatoms. The molecular formula is C19H18BrClN2O9S. The number of carbonyl (C=O) groups excluding carboxylic acids is 5. The Labute approximate surface area is 205 Å². The molecule has 1 aromatic carbocycles. The molecule has 0 spiro atoms. The van der Waals surface area contributed by atoms with Crippen LogP contribution in [0.4, 0.5) is 0 Å². The standard InChI is InChI=1S/C19H18BrClN2O9S/c1-10(25)31-9-32-19(29)16(13(26)6-20)23-17(28)15(18(23)33-8-24)22-14(27)7-30-12-4-2-3-11(21)5-12/h2-5,8,15,18,26H,6-7,9H2,1H3,(H,22,27). The highest BCUT2D eigenvalue weighted by atomic mass is 79.9. The molecule has 0 saturated carbocycles. The molecule has 0 bridgehead atoms. The van der Waals surface area contributed by atoms with Crippen LogP contribution in [0.25, 0.3) is 0 Å². The Balaban J connectivity index is 2.09. The minimum Gasteiger partial charge on any atom is -0.509 e. The summed E-state index contributed by atoms with van der Waals surface area (Å²) in [7, 11) is 0. The molecule has 11 nitrogen and oxygen atoms in total. The van der Waals surface area contributed by atoms with E-state index >= 15 is 0 Å². The Kier molecular flexibility index (Phi) is 10.0. The molecule has 1 aromatic rings. The number of allylic oxidation sites excluding steroid dienone is 1. The number of esters is 2. The van der Waals surface area contributed by atoms with E-state index < -0.39 is 60.0 Å². The van der Waals surface area contributed by atoms with Gasteiger partial charge in [0.1, 0.15) is 22.9 Å². The molecule has 1 aliphatic rings. The monoisotopic (exact) mass is 564 g/mol. The topological polar surface area (TPSA) is 149 Å². The summed E-state index contributed by atoms with van der Waals surface area (Å²) >= 11 is 9.41. The Bertz CT molecular complexity index is 974. The van der Waals surface area contributed by atoms with E-state index in [2.05, 4.69) is 26.0 Å². The second-order valence-corrected chi connectivity index (χ2v) is 8.18. The Morgan fingerprint density at radius 2 is 2.06 bits per heavy atom. The van der Waals surface area contributed by atoms with E-state index in [1.807, 2.05) is 0 Å². The number of ether oxygens (including phenoxy) is 3. The smallest absolute Gasteiger partial charge is 0.361 e. The van der Waals surface area contributed by atoms with Crippen molar-refractivity contribution >= 4 is 68.7 Å². The highest BCUT2D eigenvalue weighted by Crippen LogP contribution is 2.34. The van der Waals surface area contributed by atoms with Crippen LogP contribution in [0.3, 0.4) is 0 Å². The first-order valence-corrected chi connectivity index (χ1v) is 11.5. The summed E-state index contributed by atoms with van der Waals surface area (Å²) in [6.07, 6.45) is 0. The van der Waals surface area contributed by atoms with Crippen molar-refractivity contribution in [2.24, 2.45) is 0 Å². The van der Waals surface area contributed by atoms with Crippen LogP contribution in [0.15, 0.2) is 35.7 Å². The molecule has 0 aliphatic carbocycles. The normalized spacial score (nSPS) is 17.9. The highest BCUT2D eigenvalue weighted by Gasteiger charge is 2.53. The molecule has 178 valence electrons. The zero-order valence-electron chi connectivity index (χ0n) is 17.0. The van der Waals surface area contributed by atoms with E-state index in [9.17, 15) is 29.1 Å². The number of nitrogens with one attached hydrogen (secondary N) is 1. The van der Waals surface area contributed by atoms with Crippen molar-refractivity contribution in [1.29, 1.82) is 0 Å². The number of alkyl halides is 1. The molecule has 1 aliphatic heterocycles. The first-order chi connectivity index (χ1) is 15.7. The van der Waals surface area contributed by atoms with Gasteiger partial charge in [-0.3, -0.25) is 24.1 Å². The largest absolute Gasteiger partial charge is 0.509 e. The van der Waals surface area contributed by atoms with Gasteiger partial charge in [-0.15, -0.1) is 0 Å². The van der Waals surface area contributed by atoms with Gasteiger partial charge in [-0.25, -0.2) is 4.79 Å². The van der Waals surface area contributed by atoms with Gasteiger partial charge in [0, 0.05) is 11.9 Å². The Morgan fingerprint density at radius 3 is 2.67 bits per heavy atom. The van der Waals surface area contributed by atoms with Crippen molar-refractivity contribution in [3.63, 3.8) is 0 Å². The summed E-state index contributed by atoms with van der Waals surface area (Å²) in [6, 6.07) is 5.15. The van der Waals surface area contributed by atoms with Crippen LogP contribution < -0.4 is 10.1 Å². The van der Waals surface area contributed by atoms with Crippen molar-refractivity contribution in [3.8, 4) is 5.75 Å². The number of halogens is 2. The summed E-state index contributed by atoms with van der Waals surface area (Å²) in [4.78, 5) is 60.2. The number of carbonyl (C=O) groups is 5. The van der Waals surface area contributed by atoms with E-state index in [4.69, 9.17) is 21.1 Å². The number of hydrogen-bond acceptors (Lipinski definition) is 10. The fraction of sp³-hybridized carbons (Fsp3) is 0.316. The highest BCUT2D eigenvalue weighted by molar-refractivity contribution is 9.09. The maximum Gasteiger partial charge on any atom is 0.361 e. The minimum atomic E-state index is -1.19. The fourth-order valence-corrected chi connectivity index (χ4v) is 3.84. The molecule has 0 radical (unpaired) electrons. The van der Waals surface area contributed by atoms with Gasteiger partial charge in [0.2, 0.25) is 6.79 Å². The number of likely N-dealkylation sites (tertiary alicyclic amines) is 1. The zero-order valence-corrected chi connectivity index (χ0v) is 20.1. The van der Waals surface area contributed by atoms with Crippen molar-refractivity contribution in [1.82, 2.24) is 10.2 Å². The lowest BCUT2D eigenvalue weighted by Crippen LogP contribution is -2.70. The molecule has 2 N–H and O–H groups in total. The number of nitrogens with zero attached hydrogens (tertiary/aromatic N) is 1. The number of rotatable bonds is 11. The second-order valence-electron chi connectivity index (χ2n) is 6.24. The van der Waals surface area contributed by atoms with E-state index in [1.54, 1.807) is 18.2 Å². The van der Waals surface area contributed by atoms with Crippen molar-refractivity contribution < 1.29 is 43.3 Å². The van der Waals surface area contributed by atoms with E-state index in [1.165, 1.54) is 6.07 Å². The maximum absolute atomic E-state index is 12.7. The average Bonchev–Trinajstić information content (AvgIpc) is 2.78. The molecule has 1 heterocycles. The number of hydrogen-bond donors (Lipinski definition) is 2. The van der Waals surface area contributed by atoms with Crippen molar-refractivity contribution in [3.05, 3.63) is 40.7 Å². The molecule has 2 amide bonds. The van der Waals surface area contributed by atoms with Crippen LogP contribution in [-0.2, 0) is 33.4 Å². The van der Waals surface area contributed by atoms with Crippen LogP contribution in [0, 0.1) is 0 Å².